The molecule has 26 heavy (non-hydrogen) atoms. The summed E-state index contributed by atoms with van der Waals surface area (Å²) >= 11 is 0. The Labute approximate surface area is 147 Å². The van der Waals surface area contributed by atoms with E-state index in [9.17, 15) is 27.2 Å². The van der Waals surface area contributed by atoms with E-state index in [2.05, 4.69) is 15.4 Å². The highest BCUT2D eigenvalue weighted by atomic mass is 19.3. The quantitative estimate of drug-likeness (QED) is 0.713. The molecule has 146 valence electrons. The molecule has 0 heterocycles. The number of nitrogens with one attached hydrogen (secondary N) is 2. The Bertz CT molecular complexity index is 635. The van der Waals surface area contributed by atoms with Gasteiger partial charge in [-0.15, -0.1) is 0 Å². The third kappa shape index (κ3) is 8.15. The first kappa shape index (κ1) is 21.7. The molecule has 0 saturated carbocycles. The smallest absolute Gasteiger partial charge is 0.408 e. The maximum absolute atomic E-state index is 13.1. The molecule has 0 aliphatic heterocycles. The highest BCUT2D eigenvalue weighted by molar-refractivity contribution is 5.85. The summed E-state index contributed by atoms with van der Waals surface area (Å²) in [5.74, 6) is -3.00. The van der Waals surface area contributed by atoms with Crippen LogP contribution in [0, 0.1) is 11.6 Å². The van der Waals surface area contributed by atoms with Crippen LogP contribution in [0.3, 0.4) is 0 Å². The summed E-state index contributed by atoms with van der Waals surface area (Å²) in [6.45, 7) is 0.593. The Hall–Kier alpha value is -2.36. The minimum Gasteiger partial charge on any atom is -0.444 e. The zero-order chi connectivity index (χ0) is 19.9. The van der Waals surface area contributed by atoms with Crippen molar-refractivity contribution in [2.75, 3.05) is 6.61 Å². The SMILES string of the molecule is CC(C)(C)OC(=O)N[C@H](COC(F)F)C(=O)NCc1ccc(F)c(F)c1. The maximum Gasteiger partial charge on any atom is 0.408 e. The minimum atomic E-state index is -3.14. The van der Waals surface area contributed by atoms with Crippen molar-refractivity contribution in [2.45, 2.75) is 45.6 Å². The third-order valence-corrected chi connectivity index (χ3v) is 2.85. The summed E-state index contributed by atoms with van der Waals surface area (Å²) in [4.78, 5) is 23.8. The molecule has 0 aliphatic rings. The van der Waals surface area contributed by atoms with Gasteiger partial charge in [0.2, 0.25) is 5.91 Å². The molecule has 2 amide bonds. The van der Waals surface area contributed by atoms with E-state index in [-0.39, 0.29) is 12.1 Å². The van der Waals surface area contributed by atoms with Crippen LogP contribution < -0.4 is 10.6 Å². The van der Waals surface area contributed by atoms with Gasteiger partial charge in [-0.05, 0) is 38.5 Å². The van der Waals surface area contributed by atoms with E-state index in [0.717, 1.165) is 12.1 Å². The topological polar surface area (TPSA) is 76.7 Å². The fourth-order valence-corrected chi connectivity index (χ4v) is 1.76. The van der Waals surface area contributed by atoms with Crippen LogP contribution >= 0.6 is 0 Å². The second-order valence-corrected chi connectivity index (χ2v) is 6.26. The fraction of sp³-hybridized carbons (Fsp3) is 0.500. The van der Waals surface area contributed by atoms with E-state index >= 15 is 0 Å². The fourth-order valence-electron chi connectivity index (χ4n) is 1.76. The van der Waals surface area contributed by atoms with Crippen molar-refractivity contribution < 1.29 is 36.6 Å². The number of benzene rings is 1. The standard InChI is InChI=1S/C16H20F4N2O4/c1-16(2,3)26-15(24)22-12(8-25-14(19)20)13(23)21-7-9-4-5-10(17)11(18)6-9/h4-6,12,14H,7-8H2,1-3H3,(H,21,23)(H,22,24)/t12-/m1/s1. The van der Waals surface area contributed by atoms with Crippen molar-refractivity contribution in [3.8, 4) is 0 Å². The molecule has 1 atom stereocenters. The number of amides is 2. The number of hydrogen-bond acceptors (Lipinski definition) is 4. The van der Waals surface area contributed by atoms with Crippen LogP contribution in [0.15, 0.2) is 18.2 Å². The summed E-state index contributed by atoms with van der Waals surface area (Å²) < 4.78 is 59.5. The molecule has 6 nitrogen and oxygen atoms in total. The average Bonchev–Trinajstić information content (AvgIpc) is 2.50. The lowest BCUT2D eigenvalue weighted by Crippen LogP contribution is -2.50. The Morgan fingerprint density at radius 1 is 1.15 bits per heavy atom. The first-order valence-electron chi connectivity index (χ1n) is 7.59. The van der Waals surface area contributed by atoms with E-state index < -0.39 is 48.5 Å². The molecule has 0 aliphatic carbocycles. The number of alkyl carbamates (subject to hydrolysis) is 1. The van der Waals surface area contributed by atoms with E-state index in [1.54, 1.807) is 20.8 Å². The molecular weight excluding hydrogens is 360 g/mol. The number of rotatable bonds is 7. The van der Waals surface area contributed by atoms with Crippen LogP contribution in [0.5, 0.6) is 0 Å². The number of carbonyl (C=O) groups excluding carboxylic acids is 2. The van der Waals surface area contributed by atoms with E-state index in [1.165, 1.54) is 6.07 Å². The van der Waals surface area contributed by atoms with Gasteiger partial charge in [-0.3, -0.25) is 4.79 Å². The Balaban J connectivity index is 2.70. The maximum atomic E-state index is 13.1. The van der Waals surface area contributed by atoms with Gasteiger partial charge in [0.25, 0.3) is 0 Å². The molecule has 0 unspecified atom stereocenters. The molecule has 0 fully saturated rings. The van der Waals surface area contributed by atoms with E-state index in [0.29, 0.717) is 0 Å². The molecule has 0 saturated heterocycles. The lowest BCUT2D eigenvalue weighted by molar-refractivity contribution is -0.143. The minimum absolute atomic E-state index is 0.211. The number of ether oxygens (including phenoxy) is 2. The lowest BCUT2D eigenvalue weighted by atomic mass is 10.2. The summed E-state index contributed by atoms with van der Waals surface area (Å²) in [6.07, 6.45) is -0.997. The second kappa shape index (κ2) is 9.37. The normalized spacial score (nSPS) is 12.6. The Kier molecular flexibility index (Phi) is 7.81. The van der Waals surface area contributed by atoms with Crippen LogP contribution in [0.4, 0.5) is 22.4 Å². The van der Waals surface area contributed by atoms with Gasteiger partial charge >= 0.3 is 12.7 Å². The van der Waals surface area contributed by atoms with Gasteiger partial charge < -0.3 is 20.1 Å². The van der Waals surface area contributed by atoms with Crippen LogP contribution in [0.1, 0.15) is 26.3 Å². The first-order valence-corrected chi connectivity index (χ1v) is 7.59. The molecule has 1 rings (SSSR count). The van der Waals surface area contributed by atoms with Crippen molar-refractivity contribution in [3.05, 3.63) is 35.4 Å². The Morgan fingerprint density at radius 3 is 2.35 bits per heavy atom. The third-order valence-electron chi connectivity index (χ3n) is 2.85. The zero-order valence-corrected chi connectivity index (χ0v) is 14.4. The van der Waals surface area contributed by atoms with Gasteiger partial charge in [0.05, 0.1) is 6.61 Å². The van der Waals surface area contributed by atoms with Crippen molar-refractivity contribution in [2.24, 2.45) is 0 Å². The van der Waals surface area contributed by atoms with Crippen molar-refractivity contribution >= 4 is 12.0 Å². The Morgan fingerprint density at radius 2 is 1.81 bits per heavy atom. The zero-order valence-electron chi connectivity index (χ0n) is 14.4. The molecule has 1 aromatic rings. The number of hydrogen-bond donors (Lipinski definition) is 2. The molecule has 0 spiro atoms. The van der Waals surface area contributed by atoms with Crippen LogP contribution in [-0.4, -0.2) is 36.9 Å². The highest BCUT2D eigenvalue weighted by Crippen LogP contribution is 2.09. The van der Waals surface area contributed by atoms with Gasteiger partial charge in [-0.25, -0.2) is 13.6 Å². The van der Waals surface area contributed by atoms with Crippen molar-refractivity contribution in [3.63, 3.8) is 0 Å². The van der Waals surface area contributed by atoms with Crippen molar-refractivity contribution in [1.82, 2.24) is 10.6 Å². The number of carbonyl (C=O) groups is 2. The van der Waals surface area contributed by atoms with E-state index in [1.807, 2.05) is 0 Å². The van der Waals surface area contributed by atoms with Gasteiger partial charge in [0.15, 0.2) is 11.6 Å². The van der Waals surface area contributed by atoms with E-state index in [4.69, 9.17) is 4.74 Å². The predicted molar refractivity (Wildman–Crippen MR) is 83.3 cm³/mol. The average molecular weight is 380 g/mol. The van der Waals surface area contributed by atoms with Crippen molar-refractivity contribution in [1.29, 1.82) is 0 Å². The monoisotopic (exact) mass is 380 g/mol. The summed E-state index contributed by atoms with van der Waals surface area (Å²) in [5.41, 5.74) is -0.622. The highest BCUT2D eigenvalue weighted by Gasteiger charge is 2.25. The van der Waals surface area contributed by atoms with Gasteiger partial charge in [0, 0.05) is 6.54 Å². The molecular formula is C16H20F4N2O4. The largest absolute Gasteiger partial charge is 0.444 e. The molecule has 2 N–H and O–H groups in total. The van der Waals surface area contributed by atoms with Crippen LogP contribution in [0.25, 0.3) is 0 Å². The first-order chi connectivity index (χ1) is 12.0. The number of halogens is 4. The summed E-state index contributed by atoms with van der Waals surface area (Å²) in [7, 11) is 0. The predicted octanol–water partition coefficient (Wildman–Crippen LogP) is 2.71. The second-order valence-electron chi connectivity index (χ2n) is 6.26. The van der Waals surface area contributed by atoms with Gasteiger partial charge in [-0.2, -0.15) is 8.78 Å². The van der Waals surface area contributed by atoms with Crippen LogP contribution in [0.2, 0.25) is 0 Å². The van der Waals surface area contributed by atoms with Gasteiger partial charge in [0.1, 0.15) is 11.6 Å². The molecule has 0 aromatic heterocycles. The summed E-state index contributed by atoms with van der Waals surface area (Å²) in [6, 6.07) is 1.53. The molecule has 0 bridgehead atoms. The van der Waals surface area contributed by atoms with Crippen LogP contribution in [-0.2, 0) is 20.8 Å². The molecule has 0 radical (unpaired) electrons. The lowest BCUT2D eigenvalue weighted by Gasteiger charge is -2.23. The number of alkyl halides is 2. The molecule has 10 heteroatoms. The summed E-state index contributed by atoms with van der Waals surface area (Å²) in [5, 5.41) is 4.43. The van der Waals surface area contributed by atoms with Gasteiger partial charge in [-0.1, -0.05) is 6.07 Å². The molecule has 1 aromatic carbocycles.